The number of benzene rings is 2. The molecule has 2 N–H and O–H groups in total. The van der Waals surface area contributed by atoms with Gasteiger partial charge in [-0.2, -0.15) is 0 Å². The van der Waals surface area contributed by atoms with Gasteiger partial charge in [-0.05, 0) is 49.6 Å². The number of nitrogens with zero attached hydrogens (tertiary/aromatic N) is 2. The van der Waals surface area contributed by atoms with Crippen molar-refractivity contribution in [3.63, 3.8) is 0 Å². The van der Waals surface area contributed by atoms with Crippen molar-refractivity contribution in [1.29, 1.82) is 0 Å². The Bertz CT molecular complexity index is 972. The molecule has 6 heteroatoms. The maximum atomic E-state index is 12.6. The first-order chi connectivity index (χ1) is 14.8. The van der Waals surface area contributed by atoms with E-state index < -0.39 is 0 Å². The van der Waals surface area contributed by atoms with Crippen molar-refractivity contribution in [2.75, 3.05) is 23.3 Å². The van der Waals surface area contributed by atoms with Gasteiger partial charge >= 0.3 is 6.03 Å². The lowest BCUT2D eigenvalue weighted by Crippen LogP contribution is -2.33. The lowest BCUT2D eigenvalue weighted by Gasteiger charge is -2.29. The molecule has 1 aliphatic heterocycles. The number of nitrogens with one attached hydrogen (secondary N) is 2. The van der Waals surface area contributed by atoms with E-state index in [0.29, 0.717) is 23.7 Å². The fourth-order valence-corrected chi connectivity index (χ4v) is 3.58. The van der Waals surface area contributed by atoms with Gasteiger partial charge in [0.1, 0.15) is 11.6 Å². The Morgan fingerprint density at radius 3 is 2.53 bits per heavy atom. The van der Waals surface area contributed by atoms with Crippen LogP contribution in [0.4, 0.5) is 16.3 Å². The Labute approximate surface area is 176 Å². The molecular formula is C24H26N4O2. The number of urea groups is 1. The average molecular weight is 402 g/mol. The molecule has 1 fully saturated rings. The van der Waals surface area contributed by atoms with Crippen LogP contribution >= 0.6 is 0 Å². The number of carbonyl (C=O) groups excluding carboxylic acids is 1. The normalized spacial score (nSPS) is 13.5. The van der Waals surface area contributed by atoms with Gasteiger partial charge in [-0.15, -0.1) is 0 Å². The van der Waals surface area contributed by atoms with Gasteiger partial charge in [-0.1, -0.05) is 36.4 Å². The first-order valence-electron chi connectivity index (χ1n) is 10.4. The number of amides is 2. The minimum Gasteiger partial charge on any atom is -0.455 e. The summed E-state index contributed by atoms with van der Waals surface area (Å²) >= 11 is 0. The van der Waals surface area contributed by atoms with Gasteiger partial charge in [-0.25, -0.2) is 9.78 Å². The number of pyridine rings is 1. The SMILES string of the molecule is O=C(NCc1cccnc1N1CCCCC1)Nc1ccccc1Oc1ccccc1. The standard InChI is InChI=1S/C24H26N4O2/c29-24(26-18-19-10-9-15-25-23(19)28-16-7-2-8-17-28)27-21-13-5-6-14-22(21)30-20-11-3-1-4-12-20/h1,3-6,9-15H,2,7-8,16-18H2,(H2,26,27,29). The van der Waals surface area contributed by atoms with Gasteiger partial charge in [0.25, 0.3) is 0 Å². The van der Waals surface area contributed by atoms with E-state index in [1.807, 2.05) is 72.9 Å². The molecule has 0 bridgehead atoms. The number of hydrogen-bond acceptors (Lipinski definition) is 4. The molecule has 0 saturated carbocycles. The molecule has 2 amide bonds. The highest BCUT2D eigenvalue weighted by Crippen LogP contribution is 2.29. The third kappa shape index (κ3) is 5.08. The molecule has 0 radical (unpaired) electrons. The molecule has 4 rings (SSSR count). The summed E-state index contributed by atoms with van der Waals surface area (Å²) in [4.78, 5) is 19.4. The molecule has 6 nitrogen and oxygen atoms in total. The summed E-state index contributed by atoms with van der Waals surface area (Å²) in [7, 11) is 0. The van der Waals surface area contributed by atoms with E-state index >= 15 is 0 Å². The topological polar surface area (TPSA) is 66.5 Å². The second-order valence-corrected chi connectivity index (χ2v) is 7.25. The first kappa shape index (κ1) is 19.8. The van der Waals surface area contributed by atoms with E-state index in [1.54, 1.807) is 0 Å². The lowest BCUT2D eigenvalue weighted by molar-refractivity contribution is 0.251. The minimum absolute atomic E-state index is 0.285. The van der Waals surface area contributed by atoms with Crippen LogP contribution in [0.1, 0.15) is 24.8 Å². The average Bonchev–Trinajstić information content (AvgIpc) is 2.80. The van der Waals surface area contributed by atoms with Crippen LogP contribution in [0, 0.1) is 0 Å². The number of piperidine rings is 1. The molecule has 154 valence electrons. The lowest BCUT2D eigenvalue weighted by atomic mass is 10.1. The van der Waals surface area contributed by atoms with Crippen molar-refractivity contribution in [2.45, 2.75) is 25.8 Å². The van der Waals surface area contributed by atoms with E-state index in [4.69, 9.17) is 4.74 Å². The number of anilines is 2. The fourth-order valence-electron chi connectivity index (χ4n) is 3.58. The molecular weight excluding hydrogens is 376 g/mol. The van der Waals surface area contributed by atoms with E-state index in [9.17, 15) is 4.79 Å². The quantitative estimate of drug-likeness (QED) is 0.596. The molecule has 2 aromatic carbocycles. The molecule has 1 aliphatic rings. The van der Waals surface area contributed by atoms with Crippen molar-refractivity contribution < 1.29 is 9.53 Å². The summed E-state index contributed by atoms with van der Waals surface area (Å²) in [5.41, 5.74) is 1.63. The highest BCUT2D eigenvalue weighted by Gasteiger charge is 2.16. The number of carbonyl (C=O) groups is 1. The van der Waals surface area contributed by atoms with Crippen LogP contribution in [0.3, 0.4) is 0 Å². The molecule has 0 atom stereocenters. The highest BCUT2D eigenvalue weighted by atomic mass is 16.5. The Morgan fingerprint density at radius 2 is 1.70 bits per heavy atom. The molecule has 0 aliphatic carbocycles. The molecule has 30 heavy (non-hydrogen) atoms. The van der Waals surface area contributed by atoms with Crippen LogP contribution in [-0.4, -0.2) is 24.1 Å². The largest absolute Gasteiger partial charge is 0.455 e. The zero-order chi connectivity index (χ0) is 20.6. The first-order valence-corrected chi connectivity index (χ1v) is 10.4. The molecule has 2 heterocycles. The number of hydrogen-bond donors (Lipinski definition) is 2. The zero-order valence-corrected chi connectivity index (χ0v) is 16.9. The Hall–Kier alpha value is -3.54. The van der Waals surface area contributed by atoms with E-state index in [2.05, 4.69) is 20.5 Å². The van der Waals surface area contributed by atoms with Gasteiger partial charge in [-0.3, -0.25) is 0 Å². The van der Waals surface area contributed by atoms with Crippen LogP contribution in [0.25, 0.3) is 0 Å². The third-order valence-electron chi connectivity index (χ3n) is 5.07. The minimum atomic E-state index is -0.285. The number of aromatic nitrogens is 1. The Balaban J connectivity index is 1.39. The number of para-hydroxylation sites is 3. The smallest absolute Gasteiger partial charge is 0.319 e. The molecule has 3 aromatic rings. The second kappa shape index (κ2) is 9.78. The van der Waals surface area contributed by atoms with Crippen LogP contribution in [0.5, 0.6) is 11.5 Å². The van der Waals surface area contributed by atoms with Gasteiger partial charge in [0.2, 0.25) is 0 Å². The summed E-state index contributed by atoms with van der Waals surface area (Å²) in [5, 5.41) is 5.84. The van der Waals surface area contributed by atoms with Crippen LogP contribution < -0.4 is 20.3 Å². The summed E-state index contributed by atoms with van der Waals surface area (Å²) in [6, 6.07) is 20.5. The van der Waals surface area contributed by atoms with Crippen molar-refractivity contribution in [1.82, 2.24) is 10.3 Å². The fraction of sp³-hybridized carbons (Fsp3) is 0.250. The predicted octanol–water partition coefficient (Wildman–Crippen LogP) is 5.19. The van der Waals surface area contributed by atoms with Crippen LogP contribution in [0.15, 0.2) is 72.9 Å². The van der Waals surface area contributed by atoms with Crippen LogP contribution in [0.2, 0.25) is 0 Å². The number of rotatable bonds is 6. The molecule has 0 spiro atoms. The Kier molecular flexibility index (Phi) is 6.44. The highest BCUT2D eigenvalue weighted by molar-refractivity contribution is 5.91. The van der Waals surface area contributed by atoms with Gasteiger partial charge < -0.3 is 20.3 Å². The van der Waals surface area contributed by atoms with Crippen molar-refractivity contribution in [2.24, 2.45) is 0 Å². The molecule has 1 saturated heterocycles. The zero-order valence-electron chi connectivity index (χ0n) is 16.9. The number of ether oxygens (including phenoxy) is 1. The van der Waals surface area contributed by atoms with Crippen molar-refractivity contribution in [3.05, 3.63) is 78.5 Å². The monoisotopic (exact) mass is 402 g/mol. The molecule has 0 unspecified atom stereocenters. The maximum Gasteiger partial charge on any atom is 0.319 e. The van der Waals surface area contributed by atoms with Crippen molar-refractivity contribution >= 4 is 17.5 Å². The third-order valence-corrected chi connectivity index (χ3v) is 5.07. The van der Waals surface area contributed by atoms with Gasteiger partial charge in [0, 0.05) is 31.4 Å². The van der Waals surface area contributed by atoms with Crippen molar-refractivity contribution in [3.8, 4) is 11.5 Å². The van der Waals surface area contributed by atoms with Crippen LogP contribution in [-0.2, 0) is 6.54 Å². The summed E-state index contributed by atoms with van der Waals surface area (Å²) in [6.07, 6.45) is 5.44. The summed E-state index contributed by atoms with van der Waals surface area (Å²) < 4.78 is 5.91. The summed E-state index contributed by atoms with van der Waals surface area (Å²) in [6.45, 7) is 2.44. The van der Waals surface area contributed by atoms with E-state index in [0.717, 1.165) is 24.5 Å². The summed E-state index contributed by atoms with van der Waals surface area (Å²) in [5.74, 6) is 2.27. The molecule has 1 aromatic heterocycles. The maximum absolute atomic E-state index is 12.6. The van der Waals surface area contributed by atoms with E-state index in [1.165, 1.54) is 19.3 Å². The van der Waals surface area contributed by atoms with Gasteiger partial charge in [0.05, 0.1) is 5.69 Å². The predicted molar refractivity (Wildman–Crippen MR) is 119 cm³/mol. The second-order valence-electron chi connectivity index (χ2n) is 7.25. The van der Waals surface area contributed by atoms with Gasteiger partial charge in [0.15, 0.2) is 5.75 Å². The van der Waals surface area contributed by atoms with E-state index in [-0.39, 0.29) is 6.03 Å². The Morgan fingerprint density at radius 1 is 0.933 bits per heavy atom.